The molecule has 0 unspecified atom stereocenters. The Morgan fingerprint density at radius 1 is 1.10 bits per heavy atom. The number of aromatic hydroxyl groups is 1. The minimum absolute atomic E-state index is 0.108. The highest BCUT2D eigenvalue weighted by atomic mass is 35.5. The van der Waals surface area contributed by atoms with Crippen LogP contribution in [0.15, 0.2) is 23.0 Å². The number of hydrogen-bond acceptors (Lipinski definition) is 7. The van der Waals surface area contributed by atoms with Crippen molar-refractivity contribution >= 4 is 29.3 Å². The van der Waals surface area contributed by atoms with Crippen molar-refractivity contribution in [3.63, 3.8) is 0 Å². The zero-order chi connectivity index (χ0) is 31.0. The largest absolute Gasteiger partial charge is 0.501 e. The number of carbonyl (C=O) groups excluding carboxylic acids is 3. The second-order valence-electron chi connectivity index (χ2n) is 11.9. The Bertz CT molecular complexity index is 1450. The molecule has 0 saturated heterocycles. The third-order valence-corrected chi connectivity index (χ3v) is 9.02. The normalized spacial score (nSPS) is 21.0. The average molecular weight is 605 g/mol. The van der Waals surface area contributed by atoms with Crippen molar-refractivity contribution in [3.8, 4) is 5.75 Å². The van der Waals surface area contributed by atoms with Crippen molar-refractivity contribution in [1.82, 2.24) is 29.6 Å². The fourth-order valence-corrected chi connectivity index (χ4v) is 6.37. The monoisotopic (exact) mass is 604 g/mol. The molecule has 13 heteroatoms. The second kappa shape index (κ2) is 12.0. The predicted octanol–water partition coefficient (Wildman–Crippen LogP) is 2.33. The third kappa shape index (κ3) is 5.74. The Balaban J connectivity index is 1.78. The minimum Gasteiger partial charge on any atom is -0.501 e. The quantitative estimate of drug-likeness (QED) is 0.443. The standard InChI is InChI=1S/C29H38ClFN6O5/c1-34(2)15-7-10-28-11-13-29(14-12-28,36(5)26(42)25(41)35(3)4)27-33-21(22(38)24(40)37(27)17-28)23(39)32-16-18-8-6-9-19(30)20(18)31/h6,8-9,38H,7,10-17H2,1-5H3,(H,32,39). The molecule has 1 saturated carbocycles. The van der Waals surface area contributed by atoms with Crippen LogP contribution in [0.5, 0.6) is 5.75 Å². The van der Waals surface area contributed by atoms with E-state index in [1.165, 1.54) is 53.7 Å². The number of carbonyl (C=O) groups is 3. The van der Waals surface area contributed by atoms with Gasteiger partial charge in [0.25, 0.3) is 11.5 Å². The SMILES string of the molecule is CN(C)CCCC12CCC(N(C)C(=O)C(=O)N(C)C)(CC1)c1nc(C(=O)NCc3cccc(Cl)c3F)c(O)c(=O)n1C2. The fourth-order valence-electron chi connectivity index (χ4n) is 6.17. The van der Waals surface area contributed by atoms with Crippen LogP contribution in [-0.2, 0) is 28.2 Å². The molecular formula is C29H38ClFN6O5. The van der Waals surface area contributed by atoms with Crippen LogP contribution in [0.4, 0.5) is 4.39 Å². The maximum absolute atomic E-state index is 14.4. The van der Waals surface area contributed by atoms with Gasteiger partial charge in [0.05, 0.1) is 5.02 Å². The Morgan fingerprint density at radius 2 is 1.76 bits per heavy atom. The molecule has 2 aliphatic heterocycles. The molecule has 2 N–H and O–H groups in total. The summed E-state index contributed by atoms with van der Waals surface area (Å²) in [6.45, 7) is 0.858. The molecule has 5 rings (SSSR count). The molecule has 3 heterocycles. The highest BCUT2D eigenvalue weighted by Crippen LogP contribution is 2.53. The van der Waals surface area contributed by atoms with Crippen LogP contribution in [0.25, 0.3) is 0 Å². The van der Waals surface area contributed by atoms with E-state index in [2.05, 4.69) is 15.2 Å². The number of fused-ring (bicyclic) bond motifs is 2. The van der Waals surface area contributed by atoms with Crippen LogP contribution in [0.1, 0.15) is 60.4 Å². The first-order valence-electron chi connectivity index (χ1n) is 13.9. The summed E-state index contributed by atoms with van der Waals surface area (Å²) in [4.78, 5) is 62.2. The molecule has 1 aromatic carbocycles. The first-order chi connectivity index (χ1) is 19.7. The van der Waals surface area contributed by atoms with E-state index in [-0.39, 0.29) is 34.9 Å². The zero-order valence-corrected chi connectivity index (χ0v) is 25.4. The van der Waals surface area contributed by atoms with Gasteiger partial charge in [-0.2, -0.15) is 0 Å². The molecule has 42 heavy (non-hydrogen) atoms. The summed E-state index contributed by atoms with van der Waals surface area (Å²) in [7, 11) is 8.46. The summed E-state index contributed by atoms with van der Waals surface area (Å²) < 4.78 is 15.8. The van der Waals surface area contributed by atoms with Gasteiger partial charge in [-0.05, 0) is 70.6 Å². The molecule has 1 aromatic heterocycles. The molecule has 1 fully saturated rings. The van der Waals surface area contributed by atoms with Gasteiger partial charge in [-0.1, -0.05) is 23.7 Å². The molecule has 0 spiro atoms. The first-order valence-corrected chi connectivity index (χ1v) is 14.3. The number of aromatic nitrogens is 2. The van der Waals surface area contributed by atoms with Crippen LogP contribution in [-0.4, -0.2) is 88.9 Å². The lowest BCUT2D eigenvalue weighted by Crippen LogP contribution is -2.54. The summed E-state index contributed by atoms with van der Waals surface area (Å²) in [5.41, 5.74) is -2.66. The Kier molecular flexibility index (Phi) is 8.98. The molecule has 2 bridgehead atoms. The maximum Gasteiger partial charge on any atom is 0.312 e. The fraction of sp³-hybridized carbons (Fsp3) is 0.552. The zero-order valence-electron chi connectivity index (χ0n) is 24.7. The smallest absolute Gasteiger partial charge is 0.312 e. The summed E-state index contributed by atoms with van der Waals surface area (Å²) in [5, 5.41) is 13.3. The number of halogens is 2. The molecule has 11 nitrogen and oxygen atoms in total. The van der Waals surface area contributed by atoms with Crippen LogP contribution in [0.2, 0.25) is 5.02 Å². The first kappa shape index (κ1) is 31.4. The van der Waals surface area contributed by atoms with Gasteiger partial charge in [0.2, 0.25) is 5.75 Å². The van der Waals surface area contributed by atoms with E-state index in [9.17, 15) is 28.7 Å². The van der Waals surface area contributed by atoms with E-state index in [0.29, 0.717) is 25.7 Å². The van der Waals surface area contributed by atoms with E-state index in [1.54, 1.807) is 0 Å². The molecule has 1 aliphatic carbocycles. The average Bonchev–Trinajstić information content (AvgIpc) is 3.18. The Hall–Kier alpha value is -3.51. The van der Waals surface area contributed by atoms with Gasteiger partial charge in [0.1, 0.15) is 17.2 Å². The van der Waals surface area contributed by atoms with Crippen molar-refractivity contribution in [2.75, 3.05) is 41.8 Å². The van der Waals surface area contributed by atoms with Crippen LogP contribution in [0.3, 0.4) is 0 Å². The number of benzene rings is 1. The molecule has 2 aromatic rings. The molecule has 0 radical (unpaired) electrons. The minimum atomic E-state index is -1.16. The number of nitrogens with zero attached hydrogens (tertiary/aromatic N) is 5. The highest BCUT2D eigenvalue weighted by Gasteiger charge is 2.54. The van der Waals surface area contributed by atoms with Crippen molar-refractivity contribution in [2.24, 2.45) is 5.41 Å². The Labute approximate surface area is 249 Å². The van der Waals surface area contributed by atoms with Gasteiger partial charge in [0.15, 0.2) is 5.69 Å². The lowest BCUT2D eigenvalue weighted by molar-refractivity contribution is -0.155. The van der Waals surface area contributed by atoms with Crippen molar-refractivity contribution < 1.29 is 23.9 Å². The van der Waals surface area contributed by atoms with Crippen molar-refractivity contribution in [2.45, 2.75) is 57.2 Å². The molecule has 228 valence electrons. The number of amides is 3. The van der Waals surface area contributed by atoms with Crippen molar-refractivity contribution in [3.05, 3.63) is 56.5 Å². The molecular weight excluding hydrogens is 567 g/mol. The lowest BCUT2D eigenvalue weighted by atomic mass is 9.66. The second-order valence-corrected chi connectivity index (χ2v) is 12.3. The molecule has 3 amide bonds. The predicted molar refractivity (Wildman–Crippen MR) is 155 cm³/mol. The maximum atomic E-state index is 14.4. The number of nitrogens with one attached hydrogen (secondary N) is 1. The van der Waals surface area contributed by atoms with Gasteiger partial charge >= 0.3 is 11.8 Å². The van der Waals surface area contributed by atoms with Crippen LogP contribution < -0.4 is 10.9 Å². The van der Waals surface area contributed by atoms with Crippen molar-refractivity contribution in [1.29, 1.82) is 0 Å². The topological polar surface area (TPSA) is 128 Å². The van der Waals surface area contributed by atoms with Gasteiger partial charge < -0.3 is 25.1 Å². The van der Waals surface area contributed by atoms with E-state index < -0.39 is 46.1 Å². The summed E-state index contributed by atoms with van der Waals surface area (Å²) in [5.74, 6) is -3.76. The van der Waals surface area contributed by atoms with Gasteiger partial charge in [0, 0.05) is 39.8 Å². The van der Waals surface area contributed by atoms with E-state index in [4.69, 9.17) is 11.6 Å². The van der Waals surface area contributed by atoms with E-state index in [0.717, 1.165) is 19.4 Å². The molecule has 3 aliphatic rings. The van der Waals surface area contributed by atoms with E-state index in [1.807, 2.05) is 14.1 Å². The van der Waals surface area contributed by atoms with Gasteiger partial charge in [-0.25, -0.2) is 9.37 Å². The number of likely N-dealkylation sites (N-methyl/N-ethyl adjacent to an activating group) is 2. The van der Waals surface area contributed by atoms with Crippen LogP contribution in [0, 0.1) is 11.2 Å². The van der Waals surface area contributed by atoms with E-state index >= 15 is 0 Å². The summed E-state index contributed by atoms with van der Waals surface area (Å²) in [6, 6.07) is 4.36. The molecule has 0 atom stereocenters. The number of rotatable bonds is 8. The lowest BCUT2D eigenvalue weighted by Gasteiger charge is -2.46. The highest BCUT2D eigenvalue weighted by molar-refractivity contribution is 6.34. The Morgan fingerprint density at radius 3 is 2.38 bits per heavy atom. The third-order valence-electron chi connectivity index (χ3n) is 8.73. The van der Waals surface area contributed by atoms with Gasteiger partial charge in [-0.3, -0.25) is 23.7 Å². The summed E-state index contributed by atoms with van der Waals surface area (Å²) >= 11 is 5.85. The van der Waals surface area contributed by atoms with Crippen LogP contribution >= 0.6 is 11.6 Å². The summed E-state index contributed by atoms with van der Waals surface area (Å²) in [6.07, 6.45) is 3.86. The number of hydrogen-bond donors (Lipinski definition) is 2. The van der Waals surface area contributed by atoms with Gasteiger partial charge in [-0.15, -0.1) is 0 Å².